The minimum atomic E-state index is 0.497. The molecule has 1 aromatic heterocycles. The minimum Gasteiger partial charge on any atom is -0.298 e. The van der Waals surface area contributed by atoms with Crippen molar-refractivity contribution in [2.75, 3.05) is 0 Å². The smallest absolute Gasteiger partial charge is 0.150 e. The number of rotatable bonds is 3. The molecule has 0 aliphatic heterocycles. The first kappa shape index (κ1) is 10.2. The Hall–Kier alpha value is -2.29. The maximum Gasteiger partial charge on any atom is 0.150 e. The molecule has 3 heteroatoms. The Bertz CT molecular complexity index is 494. The zero-order valence-electron chi connectivity index (χ0n) is 8.46. The molecule has 0 aliphatic rings. The van der Waals surface area contributed by atoms with E-state index in [1.807, 2.05) is 12.1 Å². The summed E-state index contributed by atoms with van der Waals surface area (Å²) in [5, 5.41) is 0. The van der Waals surface area contributed by atoms with Crippen molar-refractivity contribution in [2.45, 2.75) is 0 Å². The maximum atomic E-state index is 10.7. The van der Waals surface area contributed by atoms with Crippen molar-refractivity contribution in [3.8, 4) is 11.1 Å². The quantitative estimate of drug-likeness (QED) is 0.732. The standard InChI is InChI=1S/C13H9NO2/c15-8-10-5-11(9-16)7-13(6-10)12-1-3-14-4-2-12/h1-9H. The van der Waals surface area contributed by atoms with Crippen LogP contribution in [0, 0.1) is 0 Å². The van der Waals surface area contributed by atoms with Crippen LogP contribution in [0.3, 0.4) is 0 Å². The molecule has 0 saturated carbocycles. The van der Waals surface area contributed by atoms with Gasteiger partial charge >= 0.3 is 0 Å². The van der Waals surface area contributed by atoms with E-state index in [1.165, 1.54) is 0 Å². The second-order valence-electron chi connectivity index (χ2n) is 3.36. The van der Waals surface area contributed by atoms with E-state index in [1.54, 1.807) is 30.6 Å². The van der Waals surface area contributed by atoms with Crippen molar-refractivity contribution in [3.63, 3.8) is 0 Å². The summed E-state index contributed by atoms with van der Waals surface area (Å²) < 4.78 is 0. The molecule has 0 N–H and O–H groups in total. The molecule has 3 nitrogen and oxygen atoms in total. The van der Waals surface area contributed by atoms with Crippen LogP contribution in [0.25, 0.3) is 11.1 Å². The monoisotopic (exact) mass is 211 g/mol. The van der Waals surface area contributed by atoms with Crippen LogP contribution in [0.15, 0.2) is 42.7 Å². The number of benzene rings is 1. The van der Waals surface area contributed by atoms with E-state index in [-0.39, 0.29) is 0 Å². The summed E-state index contributed by atoms with van der Waals surface area (Å²) in [6, 6.07) is 8.71. The molecular formula is C13H9NO2. The highest BCUT2D eigenvalue weighted by Crippen LogP contribution is 2.20. The summed E-state index contributed by atoms with van der Waals surface area (Å²) in [6.45, 7) is 0. The van der Waals surface area contributed by atoms with E-state index in [4.69, 9.17) is 0 Å². The highest BCUT2D eigenvalue weighted by atomic mass is 16.1. The van der Waals surface area contributed by atoms with Gasteiger partial charge in [-0.25, -0.2) is 0 Å². The summed E-state index contributed by atoms with van der Waals surface area (Å²) in [7, 11) is 0. The molecule has 0 unspecified atom stereocenters. The van der Waals surface area contributed by atoms with Crippen molar-refractivity contribution in [3.05, 3.63) is 53.9 Å². The number of nitrogens with zero attached hydrogens (tertiary/aromatic N) is 1. The fraction of sp³-hybridized carbons (Fsp3) is 0. The molecule has 2 aromatic rings. The van der Waals surface area contributed by atoms with Gasteiger partial charge in [-0.1, -0.05) is 0 Å². The molecule has 2 rings (SSSR count). The third-order valence-electron chi connectivity index (χ3n) is 2.26. The van der Waals surface area contributed by atoms with Crippen LogP contribution < -0.4 is 0 Å². The molecule has 0 atom stereocenters. The number of hydrogen-bond donors (Lipinski definition) is 0. The third kappa shape index (κ3) is 2.03. The van der Waals surface area contributed by atoms with Crippen molar-refractivity contribution in [1.29, 1.82) is 0 Å². The number of hydrogen-bond acceptors (Lipinski definition) is 3. The topological polar surface area (TPSA) is 47.0 Å². The van der Waals surface area contributed by atoms with Gasteiger partial charge in [0.1, 0.15) is 12.6 Å². The molecule has 16 heavy (non-hydrogen) atoms. The van der Waals surface area contributed by atoms with Crippen LogP contribution in [-0.2, 0) is 0 Å². The number of carbonyl (C=O) groups is 2. The van der Waals surface area contributed by atoms with Crippen molar-refractivity contribution in [2.24, 2.45) is 0 Å². The fourth-order valence-electron chi connectivity index (χ4n) is 1.52. The van der Waals surface area contributed by atoms with Gasteiger partial charge in [-0.15, -0.1) is 0 Å². The molecule has 0 radical (unpaired) electrons. The van der Waals surface area contributed by atoms with Crippen LogP contribution in [0.4, 0.5) is 0 Å². The summed E-state index contributed by atoms with van der Waals surface area (Å²) >= 11 is 0. The highest BCUT2D eigenvalue weighted by Gasteiger charge is 2.02. The lowest BCUT2D eigenvalue weighted by atomic mass is 10.0. The number of aldehydes is 2. The molecule has 0 bridgehead atoms. The van der Waals surface area contributed by atoms with Gasteiger partial charge in [0.05, 0.1) is 0 Å². The average Bonchev–Trinajstić information content (AvgIpc) is 2.39. The Kier molecular flexibility index (Phi) is 2.87. The van der Waals surface area contributed by atoms with Crippen molar-refractivity contribution >= 4 is 12.6 Å². The maximum absolute atomic E-state index is 10.7. The predicted molar refractivity (Wildman–Crippen MR) is 60.4 cm³/mol. The number of carbonyl (C=O) groups excluding carboxylic acids is 2. The van der Waals surface area contributed by atoms with E-state index in [0.29, 0.717) is 11.1 Å². The van der Waals surface area contributed by atoms with Crippen LogP contribution in [-0.4, -0.2) is 17.6 Å². The molecule has 1 heterocycles. The summed E-state index contributed by atoms with van der Waals surface area (Å²) in [5.41, 5.74) is 2.77. The largest absolute Gasteiger partial charge is 0.298 e. The first-order valence-electron chi connectivity index (χ1n) is 4.79. The van der Waals surface area contributed by atoms with Gasteiger partial charge in [0.25, 0.3) is 0 Å². The SMILES string of the molecule is O=Cc1cc(C=O)cc(-c2ccncc2)c1. The van der Waals surface area contributed by atoms with Crippen molar-refractivity contribution in [1.82, 2.24) is 4.98 Å². The van der Waals surface area contributed by atoms with Gasteiger partial charge in [0, 0.05) is 23.5 Å². The molecule has 0 saturated heterocycles. The number of aromatic nitrogens is 1. The Morgan fingerprint density at radius 1 is 0.812 bits per heavy atom. The van der Waals surface area contributed by atoms with Crippen LogP contribution in [0.2, 0.25) is 0 Å². The van der Waals surface area contributed by atoms with Crippen LogP contribution >= 0.6 is 0 Å². The second kappa shape index (κ2) is 4.49. The predicted octanol–water partition coefficient (Wildman–Crippen LogP) is 2.37. The van der Waals surface area contributed by atoms with Gasteiger partial charge in [0.15, 0.2) is 0 Å². The highest BCUT2D eigenvalue weighted by molar-refractivity contribution is 5.86. The van der Waals surface area contributed by atoms with Crippen molar-refractivity contribution < 1.29 is 9.59 Å². The van der Waals surface area contributed by atoms with E-state index >= 15 is 0 Å². The molecule has 0 spiro atoms. The summed E-state index contributed by atoms with van der Waals surface area (Å²) in [6.07, 6.45) is 4.81. The first-order valence-corrected chi connectivity index (χ1v) is 4.79. The van der Waals surface area contributed by atoms with E-state index in [9.17, 15) is 9.59 Å². The Morgan fingerprint density at radius 2 is 1.38 bits per heavy atom. The molecular weight excluding hydrogens is 202 g/mol. The fourth-order valence-corrected chi connectivity index (χ4v) is 1.52. The summed E-state index contributed by atoms with van der Waals surface area (Å²) in [4.78, 5) is 25.4. The molecule has 78 valence electrons. The van der Waals surface area contributed by atoms with Gasteiger partial charge in [-0.05, 0) is 41.5 Å². The van der Waals surface area contributed by atoms with E-state index < -0.39 is 0 Å². The second-order valence-corrected chi connectivity index (χ2v) is 3.36. The zero-order chi connectivity index (χ0) is 11.4. The first-order chi connectivity index (χ1) is 7.83. The lowest BCUT2D eigenvalue weighted by Gasteiger charge is -2.03. The van der Waals surface area contributed by atoms with E-state index in [0.717, 1.165) is 23.7 Å². The van der Waals surface area contributed by atoms with Gasteiger partial charge in [-0.3, -0.25) is 14.6 Å². The summed E-state index contributed by atoms with van der Waals surface area (Å²) in [5.74, 6) is 0. The lowest BCUT2D eigenvalue weighted by Crippen LogP contribution is -1.88. The van der Waals surface area contributed by atoms with Gasteiger partial charge in [-0.2, -0.15) is 0 Å². The molecule has 0 amide bonds. The van der Waals surface area contributed by atoms with Gasteiger partial charge < -0.3 is 0 Å². The number of pyridine rings is 1. The van der Waals surface area contributed by atoms with Gasteiger partial charge in [0.2, 0.25) is 0 Å². The zero-order valence-corrected chi connectivity index (χ0v) is 8.46. The van der Waals surface area contributed by atoms with E-state index in [2.05, 4.69) is 4.98 Å². The minimum absolute atomic E-state index is 0.497. The lowest BCUT2D eigenvalue weighted by molar-refractivity contribution is 0.112. The molecule has 0 fully saturated rings. The average molecular weight is 211 g/mol. The Labute approximate surface area is 92.8 Å². The molecule has 1 aromatic carbocycles. The third-order valence-corrected chi connectivity index (χ3v) is 2.26. The molecule has 0 aliphatic carbocycles. The normalized spacial score (nSPS) is 9.75. The van der Waals surface area contributed by atoms with Crippen LogP contribution in [0.1, 0.15) is 20.7 Å². The Morgan fingerprint density at radius 3 is 1.88 bits per heavy atom. The Balaban J connectivity index is 2.56. The van der Waals surface area contributed by atoms with Crippen LogP contribution in [0.5, 0.6) is 0 Å².